The highest BCUT2D eigenvalue weighted by Gasteiger charge is 2.07. The highest BCUT2D eigenvalue weighted by atomic mass is 79.9. The van der Waals surface area contributed by atoms with E-state index in [1.54, 1.807) is 7.11 Å². The molecule has 2 N–H and O–H groups in total. The van der Waals surface area contributed by atoms with Crippen LogP contribution in [0.4, 0.5) is 5.69 Å². The zero-order valence-electron chi connectivity index (χ0n) is 9.86. The fourth-order valence-corrected chi connectivity index (χ4v) is 1.55. The molecule has 0 amide bonds. The summed E-state index contributed by atoms with van der Waals surface area (Å²) in [6.45, 7) is 1.59. The molecule has 0 bridgehead atoms. The molecule has 0 aliphatic heterocycles. The van der Waals surface area contributed by atoms with Gasteiger partial charge in [-0.1, -0.05) is 15.9 Å². The fourth-order valence-electron chi connectivity index (χ4n) is 1.29. The Kier molecular flexibility index (Phi) is 7.19. The van der Waals surface area contributed by atoms with Gasteiger partial charge in [-0.3, -0.25) is 0 Å². The second kappa shape index (κ2) is 8.47. The van der Waals surface area contributed by atoms with Gasteiger partial charge in [-0.25, -0.2) is 0 Å². The van der Waals surface area contributed by atoms with Crippen LogP contribution in [0.5, 0.6) is 0 Å². The standard InChI is InChI=1S/C12H18BrNO3/c1-16-6-7-17-9-12(8-15)14-11-4-2-10(13)3-5-11/h2-5,12,14-15H,6-9H2,1H3. The number of benzene rings is 1. The number of nitrogens with one attached hydrogen (secondary N) is 1. The lowest BCUT2D eigenvalue weighted by Crippen LogP contribution is -2.29. The molecule has 0 aliphatic rings. The van der Waals surface area contributed by atoms with Crippen molar-refractivity contribution in [3.8, 4) is 0 Å². The first-order chi connectivity index (χ1) is 8.26. The third-order valence-electron chi connectivity index (χ3n) is 2.19. The maximum atomic E-state index is 9.22. The van der Waals surface area contributed by atoms with E-state index >= 15 is 0 Å². The van der Waals surface area contributed by atoms with E-state index in [0.29, 0.717) is 19.8 Å². The van der Waals surface area contributed by atoms with Crippen molar-refractivity contribution in [3.05, 3.63) is 28.7 Å². The van der Waals surface area contributed by atoms with Crippen molar-refractivity contribution >= 4 is 21.6 Å². The summed E-state index contributed by atoms with van der Waals surface area (Å²) >= 11 is 3.37. The highest BCUT2D eigenvalue weighted by molar-refractivity contribution is 9.10. The van der Waals surface area contributed by atoms with Gasteiger partial charge in [0.1, 0.15) is 0 Å². The number of aliphatic hydroxyl groups is 1. The van der Waals surface area contributed by atoms with Gasteiger partial charge in [0.2, 0.25) is 0 Å². The maximum absolute atomic E-state index is 9.22. The summed E-state index contributed by atoms with van der Waals surface area (Å²) in [5, 5.41) is 12.4. The summed E-state index contributed by atoms with van der Waals surface area (Å²) in [5.41, 5.74) is 0.961. The number of hydrogen-bond donors (Lipinski definition) is 2. The monoisotopic (exact) mass is 303 g/mol. The van der Waals surface area contributed by atoms with Crippen LogP contribution in [0, 0.1) is 0 Å². The first-order valence-electron chi connectivity index (χ1n) is 5.46. The molecule has 1 atom stereocenters. The molecular weight excluding hydrogens is 286 g/mol. The third kappa shape index (κ3) is 6.02. The molecule has 0 aliphatic carbocycles. The van der Waals surface area contributed by atoms with E-state index in [1.165, 1.54) is 0 Å². The third-order valence-corrected chi connectivity index (χ3v) is 2.71. The molecule has 1 unspecified atom stereocenters. The SMILES string of the molecule is COCCOCC(CO)Nc1ccc(Br)cc1. The minimum absolute atomic E-state index is 0.0308. The van der Waals surface area contributed by atoms with Crippen LogP contribution in [0.15, 0.2) is 28.7 Å². The van der Waals surface area contributed by atoms with E-state index in [4.69, 9.17) is 9.47 Å². The zero-order valence-corrected chi connectivity index (χ0v) is 11.4. The van der Waals surface area contributed by atoms with Crippen LogP contribution >= 0.6 is 15.9 Å². The molecule has 0 saturated heterocycles. The van der Waals surface area contributed by atoms with E-state index in [9.17, 15) is 5.11 Å². The molecule has 4 nitrogen and oxygen atoms in total. The summed E-state index contributed by atoms with van der Waals surface area (Å²) < 4.78 is 11.3. The van der Waals surface area contributed by atoms with Crippen molar-refractivity contribution in [2.75, 3.05) is 38.9 Å². The van der Waals surface area contributed by atoms with Crippen LogP contribution in [0.1, 0.15) is 0 Å². The topological polar surface area (TPSA) is 50.7 Å². The Balaban J connectivity index is 2.33. The van der Waals surface area contributed by atoms with Gasteiger partial charge < -0.3 is 19.9 Å². The molecular formula is C12H18BrNO3. The molecule has 17 heavy (non-hydrogen) atoms. The van der Waals surface area contributed by atoms with Gasteiger partial charge >= 0.3 is 0 Å². The number of halogens is 1. The molecule has 0 radical (unpaired) electrons. The number of anilines is 1. The smallest absolute Gasteiger partial charge is 0.0726 e. The largest absolute Gasteiger partial charge is 0.394 e. The molecule has 0 saturated carbocycles. The first-order valence-corrected chi connectivity index (χ1v) is 6.25. The number of ether oxygens (including phenoxy) is 2. The quantitative estimate of drug-likeness (QED) is 0.720. The van der Waals surface area contributed by atoms with Gasteiger partial charge in [0, 0.05) is 17.3 Å². The second-order valence-corrected chi connectivity index (χ2v) is 4.51. The van der Waals surface area contributed by atoms with Crippen molar-refractivity contribution in [3.63, 3.8) is 0 Å². The van der Waals surface area contributed by atoms with Crippen molar-refractivity contribution in [1.82, 2.24) is 0 Å². The summed E-state index contributed by atoms with van der Waals surface area (Å²) in [6, 6.07) is 7.68. The fraction of sp³-hybridized carbons (Fsp3) is 0.500. The maximum Gasteiger partial charge on any atom is 0.0726 e. The summed E-state index contributed by atoms with van der Waals surface area (Å²) in [5.74, 6) is 0. The normalized spacial score (nSPS) is 12.4. The molecule has 5 heteroatoms. The minimum atomic E-state index is -0.104. The number of rotatable bonds is 8. The Morgan fingerprint density at radius 2 is 2.00 bits per heavy atom. The zero-order chi connectivity index (χ0) is 12.5. The van der Waals surface area contributed by atoms with Crippen LogP contribution < -0.4 is 5.32 Å². The Morgan fingerprint density at radius 1 is 1.29 bits per heavy atom. The van der Waals surface area contributed by atoms with Crippen molar-refractivity contribution < 1.29 is 14.6 Å². The number of aliphatic hydroxyl groups excluding tert-OH is 1. The lowest BCUT2D eigenvalue weighted by molar-refractivity contribution is 0.0581. The molecule has 1 aromatic carbocycles. The average molecular weight is 304 g/mol. The Morgan fingerprint density at radius 3 is 2.59 bits per heavy atom. The van der Waals surface area contributed by atoms with Gasteiger partial charge in [-0.15, -0.1) is 0 Å². The van der Waals surface area contributed by atoms with Gasteiger partial charge in [0.15, 0.2) is 0 Å². The van der Waals surface area contributed by atoms with E-state index in [1.807, 2.05) is 24.3 Å². The summed E-state index contributed by atoms with van der Waals surface area (Å²) in [7, 11) is 1.63. The predicted molar refractivity (Wildman–Crippen MR) is 71.3 cm³/mol. The number of hydrogen-bond acceptors (Lipinski definition) is 4. The van der Waals surface area contributed by atoms with Crippen LogP contribution in [0.25, 0.3) is 0 Å². The molecule has 0 fully saturated rings. The molecule has 96 valence electrons. The van der Waals surface area contributed by atoms with Gasteiger partial charge in [0.05, 0.1) is 32.5 Å². The Labute approximate surface area is 110 Å². The van der Waals surface area contributed by atoms with Crippen LogP contribution in [0.2, 0.25) is 0 Å². The number of methoxy groups -OCH3 is 1. The van der Waals surface area contributed by atoms with Crippen LogP contribution in [-0.2, 0) is 9.47 Å². The van der Waals surface area contributed by atoms with E-state index in [-0.39, 0.29) is 12.6 Å². The van der Waals surface area contributed by atoms with Crippen LogP contribution in [-0.4, -0.2) is 44.7 Å². The van der Waals surface area contributed by atoms with Crippen molar-refractivity contribution in [2.45, 2.75) is 6.04 Å². The summed E-state index contributed by atoms with van der Waals surface area (Å²) in [6.07, 6.45) is 0. The van der Waals surface area contributed by atoms with Crippen molar-refractivity contribution in [1.29, 1.82) is 0 Å². The molecule has 0 heterocycles. The minimum Gasteiger partial charge on any atom is -0.394 e. The Bertz CT molecular complexity index is 305. The Hall–Kier alpha value is -0.620. The van der Waals surface area contributed by atoms with E-state index < -0.39 is 0 Å². The average Bonchev–Trinajstić information content (AvgIpc) is 2.35. The summed E-state index contributed by atoms with van der Waals surface area (Å²) in [4.78, 5) is 0. The van der Waals surface area contributed by atoms with Gasteiger partial charge in [-0.2, -0.15) is 0 Å². The highest BCUT2D eigenvalue weighted by Crippen LogP contribution is 2.14. The van der Waals surface area contributed by atoms with E-state index in [0.717, 1.165) is 10.2 Å². The lowest BCUT2D eigenvalue weighted by Gasteiger charge is -2.17. The van der Waals surface area contributed by atoms with Crippen LogP contribution in [0.3, 0.4) is 0 Å². The molecule has 0 spiro atoms. The molecule has 1 rings (SSSR count). The molecule has 1 aromatic rings. The van der Waals surface area contributed by atoms with Crippen molar-refractivity contribution in [2.24, 2.45) is 0 Å². The van der Waals surface area contributed by atoms with E-state index in [2.05, 4.69) is 21.2 Å². The predicted octanol–water partition coefficient (Wildman–Crippen LogP) is 1.88. The molecule has 0 aromatic heterocycles. The van der Waals surface area contributed by atoms with Gasteiger partial charge in [0.25, 0.3) is 0 Å². The first kappa shape index (κ1) is 14.4. The van der Waals surface area contributed by atoms with Gasteiger partial charge in [-0.05, 0) is 24.3 Å². The lowest BCUT2D eigenvalue weighted by atomic mass is 10.2. The second-order valence-electron chi connectivity index (χ2n) is 3.60.